The number of aromatic amines is 1. The highest BCUT2D eigenvalue weighted by Gasteiger charge is 2.09. The first-order valence-electron chi connectivity index (χ1n) is 3.77. The van der Waals surface area contributed by atoms with Crippen LogP contribution in [-0.4, -0.2) is 15.0 Å². The molecule has 0 aliphatic rings. The molecule has 2 aromatic rings. The zero-order valence-corrected chi connectivity index (χ0v) is 7.00. The van der Waals surface area contributed by atoms with E-state index in [4.69, 9.17) is 10.2 Å². The second-order valence-corrected chi connectivity index (χ2v) is 2.62. The smallest absolute Gasteiger partial charge is 0.280 e. The zero-order valence-electron chi connectivity index (χ0n) is 7.00. The molecule has 0 aliphatic heterocycles. The van der Waals surface area contributed by atoms with Gasteiger partial charge < -0.3 is 15.1 Å². The molecule has 0 saturated heterocycles. The normalized spacial score (nSPS) is 10.9. The Hall–Kier alpha value is -1.69. The van der Waals surface area contributed by atoms with E-state index in [1.54, 1.807) is 6.92 Å². The molecule has 0 radical (unpaired) electrons. The lowest BCUT2D eigenvalue weighted by molar-refractivity contribution is 0.524. The van der Waals surface area contributed by atoms with Crippen LogP contribution in [0.4, 0.5) is 0 Å². The van der Waals surface area contributed by atoms with Gasteiger partial charge in [-0.1, -0.05) is 0 Å². The van der Waals surface area contributed by atoms with Crippen LogP contribution in [0, 0.1) is 6.92 Å². The molecule has 0 aromatic carbocycles. The van der Waals surface area contributed by atoms with Gasteiger partial charge in [0, 0.05) is 0 Å². The molecule has 68 valence electrons. The number of nitrogens with zero attached hydrogens (tertiary/aromatic N) is 2. The van der Waals surface area contributed by atoms with E-state index in [2.05, 4.69) is 15.0 Å². The third kappa shape index (κ3) is 1.20. The first kappa shape index (κ1) is 7.93. The number of H-pyrrole nitrogens is 1. The fourth-order valence-corrected chi connectivity index (χ4v) is 1.07. The number of aromatic nitrogens is 3. The van der Waals surface area contributed by atoms with Crippen molar-refractivity contribution < 1.29 is 4.42 Å². The summed E-state index contributed by atoms with van der Waals surface area (Å²) in [5.74, 6) is 0.816. The summed E-state index contributed by atoms with van der Waals surface area (Å²) in [7, 11) is 0. The quantitative estimate of drug-likeness (QED) is 0.626. The summed E-state index contributed by atoms with van der Waals surface area (Å²) >= 11 is 0. The summed E-state index contributed by atoms with van der Waals surface area (Å²) in [6.07, 6.45) is 0. The molecule has 2 aromatic heterocycles. The minimum atomic E-state index is -0.300. The first-order valence-corrected chi connectivity index (χ1v) is 3.77. The van der Waals surface area contributed by atoms with Crippen LogP contribution in [0.15, 0.2) is 9.21 Å². The Balaban J connectivity index is 2.83. The van der Waals surface area contributed by atoms with E-state index in [1.807, 2.05) is 0 Å². The van der Waals surface area contributed by atoms with Gasteiger partial charge in [0.2, 0.25) is 5.89 Å². The molecule has 0 amide bonds. The van der Waals surface area contributed by atoms with Crippen molar-refractivity contribution in [1.82, 2.24) is 15.0 Å². The molecule has 6 heteroatoms. The van der Waals surface area contributed by atoms with Crippen molar-refractivity contribution in [3.63, 3.8) is 0 Å². The summed E-state index contributed by atoms with van der Waals surface area (Å²) in [5, 5.41) is 0. The Bertz CT molecular complexity index is 499. The van der Waals surface area contributed by atoms with Crippen LogP contribution >= 0.6 is 0 Å². The second kappa shape index (κ2) is 2.67. The number of oxazole rings is 1. The highest BCUT2D eigenvalue weighted by atomic mass is 16.4. The topological polar surface area (TPSA) is 97.8 Å². The molecule has 0 spiro atoms. The van der Waals surface area contributed by atoms with Crippen LogP contribution in [0.5, 0.6) is 0 Å². The number of rotatable bonds is 1. The fourth-order valence-electron chi connectivity index (χ4n) is 1.07. The Morgan fingerprint density at radius 1 is 1.54 bits per heavy atom. The zero-order chi connectivity index (χ0) is 9.42. The van der Waals surface area contributed by atoms with Crippen molar-refractivity contribution >= 4 is 11.2 Å². The average Bonchev–Trinajstić information content (AvgIpc) is 2.47. The largest absolute Gasteiger partial charge is 0.421 e. The van der Waals surface area contributed by atoms with E-state index in [0.717, 1.165) is 0 Å². The highest BCUT2D eigenvalue weighted by molar-refractivity contribution is 5.66. The Labute approximate surface area is 72.8 Å². The minimum Gasteiger partial charge on any atom is -0.421 e. The number of nitrogens with two attached hydrogens (primary N) is 1. The van der Waals surface area contributed by atoms with Gasteiger partial charge in [-0.2, -0.15) is 4.98 Å². The molecule has 0 unspecified atom stereocenters. The van der Waals surface area contributed by atoms with Gasteiger partial charge in [-0.05, 0) is 6.92 Å². The summed E-state index contributed by atoms with van der Waals surface area (Å²) in [6.45, 7) is 1.83. The summed E-state index contributed by atoms with van der Waals surface area (Å²) in [4.78, 5) is 21.6. The Morgan fingerprint density at radius 2 is 2.31 bits per heavy atom. The molecule has 6 nitrogen and oxygen atoms in total. The van der Waals surface area contributed by atoms with Crippen LogP contribution in [0.3, 0.4) is 0 Å². The van der Waals surface area contributed by atoms with E-state index in [1.165, 1.54) is 0 Å². The van der Waals surface area contributed by atoms with Gasteiger partial charge in [-0.25, -0.2) is 4.98 Å². The summed E-state index contributed by atoms with van der Waals surface area (Å²) < 4.78 is 5.11. The first-order chi connectivity index (χ1) is 6.20. The van der Waals surface area contributed by atoms with Gasteiger partial charge >= 0.3 is 0 Å². The minimum absolute atomic E-state index is 0.162. The number of hydrogen-bond acceptors (Lipinski definition) is 5. The third-order valence-electron chi connectivity index (χ3n) is 1.61. The lowest BCUT2D eigenvalue weighted by Gasteiger charge is -1.88. The SMILES string of the molecule is Cc1nc2oc(CN)nc2c(=O)[nH]1. The molecule has 0 aliphatic carbocycles. The number of hydrogen-bond donors (Lipinski definition) is 2. The van der Waals surface area contributed by atoms with Crippen LogP contribution in [0.25, 0.3) is 11.2 Å². The van der Waals surface area contributed by atoms with E-state index in [9.17, 15) is 4.79 Å². The average molecular weight is 180 g/mol. The number of fused-ring (bicyclic) bond motifs is 1. The monoisotopic (exact) mass is 180 g/mol. The fraction of sp³-hybridized carbons (Fsp3) is 0.286. The molecule has 2 heterocycles. The van der Waals surface area contributed by atoms with Gasteiger partial charge in [0.15, 0.2) is 5.52 Å². The van der Waals surface area contributed by atoms with Crippen LogP contribution in [0.1, 0.15) is 11.7 Å². The Kier molecular flexibility index (Phi) is 1.63. The third-order valence-corrected chi connectivity index (χ3v) is 1.61. The molecular formula is C7H8N4O2. The van der Waals surface area contributed by atoms with Crippen molar-refractivity contribution in [2.24, 2.45) is 5.73 Å². The van der Waals surface area contributed by atoms with E-state index >= 15 is 0 Å². The van der Waals surface area contributed by atoms with Gasteiger partial charge in [-0.3, -0.25) is 4.79 Å². The number of nitrogens with one attached hydrogen (secondary N) is 1. The van der Waals surface area contributed by atoms with E-state index < -0.39 is 0 Å². The van der Waals surface area contributed by atoms with Gasteiger partial charge in [0.1, 0.15) is 5.82 Å². The predicted molar refractivity (Wildman–Crippen MR) is 45.1 cm³/mol. The maximum atomic E-state index is 11.3. The van der Waals surface area contributed by atoms with Crippen molar-refractivity contribution in [2.75, 3.05) is 0 Å². The standard InChI is InChI=1S/C7H8N4O2/c1-3-9-6(12)5-7(10-3)13-4(2-8)11-5/h2,8H2,1H3,(H,9,10,12). The van der Waals surface area contributed by atoms with Crippen LogP contribution in [-0.2, 0) is 6.54 Å². The van der Waals surface area contributed by atoms with Crippen LogP contribution in [0.2, 0.25) is 0 Å². The molecule has 0 atom stereocenters. The van der Waals surface area contributed by atoms with Gasteiger partial charge in [0.25, 0.3) is 11.3 Å². The molecular weight excluding hydrogens is 172 g/mol. The maximum absolute atomic E-state index is 11.3. The molecule has 0 saturated carbocycles. The lowest BCUT2D eigenvalue weighted by Crippen LogP contribution is -2.09. The van der Waals surface area contributed by atoms with Gasteiger partial charge in [-0.15, -0.1) is 0 Å². The second-order valence-electron chi connectivity index (χ2n) is 2.62. The molecule has 13 heavy (non-hydrogen) atoms. The van der Waals surface area contributed by atoms with Crippen molar-refractivity contribution in [1.29, 1.82) is 0 Å². The summed E-state index contributed by atoms with van der Waals surface area (Å²) in [5.41, 5.74) is 5.44. The number of aryl methyl sites for hydroxylation is 1. The highest BCUT2D eigenvalue weighted by Crippen LogP contribution is 2.07. The van der Waals surface area contributed by atoms with Crippen molar-refractivity contribution in [3.8, 4) is 0 Å². The Morgan fingerprint density at radius 3 is 3.00 bits per heavy atom. The summed E-state index contributed by atoms with van der Waals surface area (Å²) in [6, 6.07) is 0. The van der Waals surface area contributed by atoms with Crippen molar-refractivity contribution in [2.45, 2.75) is 13.5 Å². The van der Waals surface area contributed by atoms with Crippen molar-refractivity contribution in [3.05, 3.63) is 22.1 Å². The molecule has 0 bridgehead atoms. The van der Waals surface area contributed by atoms with Gasteiger partial charge in [0.05, 0.1) is 6.54 Å². The van der Waals surface area contributed by atoms with E-state index in [-0.39, 0.29) is 23.3 Å². The maximum Gasteiger partial charge on any atom is 0.280 e. The van der Waals surface area contributed by atoms with E-state index in [0.29, 0.717) is 11.7 Å². The lowest BCUT2D eigenvalue weighted by atomic mass is 10.5. The molecule has 0 fully saturated rings. The predicted octanol–water partition coefficient (Wildman–Crippen LogP) is -0.322. The van der Waals surface area contributed by atoms with Crippen LogP contribution < -0.4 is 11.3 Å². The molecule has 2 rings (SSSR count). The molecule has 3 N–H and O–H groups in total.